The Balaban J connectivity index is 0.00000169. The summed E-state index contributed by atoms with van der Waals surface area (Å²) < 4.78 is 0. The number of carboxylic acids is 1. The third-order valence-electron chi connectivity index (χ3n) is 1.78. The fraction of sp³-hybridized carbons (Fsp3) is 0.333. The van der Waals surface area contributed by atoms with Gasteiger partial charge in [0.25, 0.3) is 0 Å². The van der Waals surface area contributed by atoms with E-state index >= 15 is 0 Å². The van der Waals surface area contributed by atoms with Gasteiger partial charge in [0, 0.05) is 5.69 Å². The molecule has 0 saturated carbocycles. The largest absolute Gasteiger partial charge is 1.00 e. The zero-order chi connectivity index (χ0) is 10.1. The molecule has 14 heavy (non-hydrogen) atoms. The maximum Gasteiger partial charge on any atom is 1.00 e. The standard InChI is InChI=1S/C9H11NO3.Na/c1-6-4-3-5-7(10-6)9(2,13)8(11)12;/h3-5,13H,1-2H3,(H,11,12);/q;+1/p-1. The van der Waals surface area contributed by atoms with Crippen LogP contribution in [-0.2, 0) is 10.4 Å². The van der Waals surface area contributed by atoms with Gasteiger partial charge < -0.3 is 15.0 Å². The zero-order valence-corrected chi connectivity index (χ0v) is 10.4. The number of carboxylic acid groups (broad SMARTS) is 1. The van der Waals surface area contributed by atoms with E-state index in [1.54, 1.807) is 19.1 Å². The van der Waals surface area contributed by atoms with Gasteiger partial charge in [0.1, 0.15) is 5.60 Å². The summed E-state index contributed by atoms with van der Waals surface area (Å²) in [5.74, 6) is -1.55. The van der Waals surface area contributed by atoms with Crippen LogP contribution in [0.25, 0.3) is 0 Å². The van der Waals surface area contributed by atoms with Gasteiger partial charge in [0.2, 0.25) is 0 Å². The van der Waals surface area contributed by atoms with E-state index in [-0.39, 0.29) is 35.3 Å². The maximum absolute atomic E-state index is 10.5. The molecule has 1 heterocycles. The average Bonchev–Trinajstić information content (AvgIpc) is 2.04. The van der Waals surface area contributed by atoms with Crippen LogP contribution in [0.1, 0.15) is 18.3 Å². The number of carbonyl (C=O) groups is 1. The van der Waals surface area contributed by atoms with E-state index in [0.717, 1.165) is 6.92 Å². The number of rotatable bonds is 2. The molecule has 0 bridgehead atoms. The average molecular weight is 203 g/mol. The number of hydrogen-bond donors (Lipinski definition) is 1. The van der Waals surface area contributed by atoms with Crippen molar-refractivity contribution in [3.63, 3.8) is 0 Å². The van der Waals surface area contributed by atoms with Gasteiger partial charge in [0.15, 0.2) is 0 Å². The van der Waals surface area contributed by atoms with Crippen molar-refractivity contribution >= 4 is 5.97 Å². The minimum atomic E-state index is -2.02. The van der Waals surface area contributed by atoms with Crippen LogP contribution in [0, 0.1) is 6.92 Å². The summed E-state index contributed by atoms with van der Waals surface area (Å²) >= 11 is 0. The van der Waals surface area contributed by atoms with Gasteiger partial charge in [-0.05, 0) is 26.0 Å². The van der Waals surface area contributed by atoms with Gasteiger partial charge in [-0.3, -0.25) is 4.98 Å². The molecule has 0 aliphatic carbocycles. The number of aryl methyl sites for hydroxylation is 1. The van der Waals surface area contributed by atoms with Crippen LogP contribution in [0.15, 0.2) is 18.2 Å². The molecule has 1 aromatic heterocycles. The molecule has 0 radical (unpaired) electrons. The number of aromatic nitrogens is 1. The number of aliphatic carboxylic acids is 1. The molecule has 4 nitrogen and oxygen atoms in total. The van der Waals surface area contributed by atoms with Crippen LogP contribution in [0.4, 0.5) is 0 Å². The predicted octanol–water partition coefficient (Wildman–Crippen LogP) is -3.65. The third kappa shape index (κ3) is 2.78. The Labute approximate surface area is 104 Å². The summed E-state index contributed by atoms with van der Waals surface area (Å²) in [6.45, 7) is 2.86. The summed E-state index contributed by atoms with van der Waals surface area (Å²) in [7, 11) is 0. The minimum absolute atomic E-state index is 0. The number of aliphatic hydroxyl groups is 1. The first-order chi connectivity index (χ1) is 5.94. The van der Waals surface area contributed by atoms with Gasteiger partial charge in [0.05, 0.1) is 11.7 Å². The summed E-state index contributed by atoms with van der Waals surface area (Å²) in [5.41, 5.74) is -1.28. The van der Waals surface area contributed by atoms with Crippen molar-refractivity contribution in [3.8, 4) is 0 Å². The van der Waals surface area contributed by atoms with E-state index < -0.39 is 11.6 Å². The van der Waals surface area contributed by atoms with Gasteiger partial charge >= 0.3 is 29.6 Å². The topological polar surface area (TPSA) is 73.2 Å². The smallest absolute Gasteiger partial charge is 0.547 e. The normalized spacial score (nSPS) is 13.9. The third-order valence-corrected chi connectivity index (χ3v) is 1.78. The Morgan fingerprint density at radius 1 is 1.57 bits per heavy atom. The summed E-state index contributed by atoms with van der Waals surface area (Å²) in [4.78, 5) is 14.4. The molecule has 0 aliphatic heterocycles. The number of pyridine rings is 1. The van der Waals surface area contributed by atoms with Crippen LogP contribution in [0.5, 0.6) is 0 Å². The molecule has 0 fully saturated rings. The monoisotopic (exact) mass is 203 g/mol. The Morgan fingerprint density at radius 2 is 2.14 bits per heavy atom. The molecule has 1 atom stereocenters. The van der Waals surface area contributed by atoms with Gasteiger partial charge in [-0.25, -0.2) is 0 Å². The van der Waals surface area contributed by atoms with E-state index in [0.29, 0.717) is 5.69 Å². The number of nitrogens with zero attached hydrogens (tertiary/aromatic N) is 1. The quantitative estimate of drug-likeness (QED) is 0.503. The van der Waals surface area contributed by atoms with Crippen LogP contribution in [-0.4, -0.2) is 16.1 Å². The van der Waals surface area contributed by atoms with E-state index in [1.165, 1.54) is 6.07 Å². The molecular formula is C9H10NNaO3. The molecule has 0 aliphatic rings. The first-order valence-corrected chi connectivity index (χ1v) is 3.82. The molecule has 70 valence electrons. The van der Waals surface area contributed by atoms with Crippen LogP contribution in [0.3, 0.4) is 0 Å². The Bertz CT molecular complexity index is 339. The maximum atomic E-state index is 10.5. The van der Waals surface area contributed by atoms with E-state index in [4.69, 9.17) is 0 Å². The number of carbonyl (C=O) groups excluding carboxylic acids is 1. The molecule has 0 saturated heterocycles. The first kappa shape index (κ1) is 13.6. The zero-order valence-electron chi connectivity index (χ0n) is 8.44. The van der Waals surface area contributed by atoms with Crippen molar-refractivity contribution in [1.29, 1.82) is 0 Å². The second-order valence-corrected chi connectivity index (χ2v) is 3.02. The molecule has 1 N–H and O–H groups in total. The van der Waals surface area contributed by atoms with E-state index in [2.05, 4.69) is 4.98 Å². The van der Waals surface area contributed by atoms with Gasteiger partial charge in [-0.1, -0.05) is 6.07 Å². The minimum Gasteiger partial charge on any atom is -0.547 e. The van der Waals surface area contributed by atoms with Gasteiger partial charge in [-0.15, -0.1) is 0 Å². The van der Waals surface area contributed by atoms with E-state index in [1.807, 2.05) is 0 Å². The van der Waals surface area contributed by atoms with E-state index in [9.17, 15) is 15.0 Å². The molecular weight excluding hydrogens is 193 g/mol. The second kappa shape index (κ2) is 4.89. The van der Waals surface area contributed by atoms with Crippen molar-refractivity contribution in [2.75, 3.05) is 0 Å². The molecule has 0 amide bonds. The SMILES string of the molecule is Cc1cccc(C(C)(O)C(=O)[O-])n1.[Na+]. The summed E-state index contributed by atoms with van der Waals surface area (Å²) in [5, 5.41) is 20.0. The fourth-order valence-electron chi connectivity index (χ4n) is 0.919. The summed E-state index contributed by atoms with van der Waals surface area (Å²) in [6.07, 6.45) is 0. The fourth-order valence-corrected chi connectivity index (χ4v) is 0.919. The molecule has 5 heteroatoms. The first-order valence-electron chi connectivity index (χ1n) is 3.82. The Kier molecular flexibility index (Phi) is 4.74. The Hall–Kier alpha value is -0.420. The van der Waals surface area contributed by atoms with Crippen LogP contribution in [0.2, 0.25) is 0 Å². The molecule has 0 spiro atoms. The predicted molar refractivity (Wildman–Crippen MR) is 43.6 cm³/mol. The van der Waals surface area contributed by atoms with Crippen molar-refractivity contribution in [2.45, 2.75) is 19.4 Å². The number of hydrogen-bond acceptors (Lipinski definition) is 4. The van der Waals surface area contributed by atoms with Crippen LogP contribution < -0.4 is 34.7 Å². The van der Waals surface area contributed by atoms with Crippen molar-refractivity contribution in [3.05, 3.63) is 29.6 Å². The second-order valence-electron chi connectivity index (χ2n) is 3.02. The van der Waals surface area contributed by atoms with Crippen molar-refractivity contribution in [2.24, 2.45) is 0 Å². The molecule has 1 aromatic rings. The molecule has 1 unspecified atom stereocenters. The molecule has 1 rings (SSSR count). The van der Waals surface area contributed by atoms with Crippen molar-refractivity contribution in [1.82, 2.24) is 4.98 Å². The van der Waals surface area contributed by atoms with Gasteiger partial charge in [-0.2, -0.15) is 0 Å². The van der Waals surface area contributed by atoms with Crippen LogP contribution >= 0.6 is 0 Å². The molecule has 0 aromatic carbocycles. The van der Waals surface area contributed by atoms with Crippen molar-refractivity contribution < 1.29 is 44.6 Å². The summed E-state index contributed by atoms with van der Waals surface area (Å²) in [6, 6.07) is 4.80. The Morgan fingerprint density at radius 3 is 2.57 bits per heavy atom.